The molecule has 1 aliphatic rings. The lowest BCUT2D eigenvalue weighted by Crippen LogP contribution is -2.45. The van der Waals surface area contributed by atoms with Crippen LogP contribution < -0.4 is 0 Å². The molecule has 1 aliphatic heterocycles. The largest absolute Gasteiger partial charge is 0.480 e. The highest BCUT2D eigenvalue weighted by atomic mass is 32.2. The first-order chi connectivity index (χ1) is 8.15. The number of thioether (sulfide) groups is 1. The van der Waals surface area contributed by atoms with E-state index in [0.717, 1.165) is 6.42 Å². The van der Waals surface area contributed by atoms with Crippen LogP contribution in [0.15, 0.2) is 12.5 Å². The Morgan fingerprint density at radius 2 is 2.47 bits per heavy atom. The van der Waals surface area contributed by atoms with Gasteiger partial charge < -0.3 is 15.0 Å². The molecule has 0 spiro atoms. The monoisotopic (exact) mass is 255 g/mol. The molecule has 1 fully saturated rings. The minimum Gasteiger partial charge on any atom is -0.480 e. The zero-order chi connectivity index (χ0) is 12.4. The average molecular weight is 255 g/mol. The number of nitrogens with zero attached hydrogens (tertiary/aromatic N) is 2. The van der Waals surface area contributed by atoms with E-state index in [2.05, 4.69) is 9.97 Å². The summed E-state index contributed by atoms with van der Waals surface area (Å²) in [4.78, 5) is 31.2. The van der Waals surface area contributed by atoms with Gasteiger partial charge in [-0.2, -0.15) is 0 Å². The number of amides is 1. The minimum absolute atomic E-state index is 0.0769. The van der Waals surface area contributed by atoms with Gasteiger partial charge in [0.2, 0.25) is 0 Å². The summed E-state index contributed by atoms with van der Waals surface area (Å²) in [6, 6.07) is -0.749. The number of aromatic amines is 1. The zero-order valence-corrected chi connectivity index (χ0v) is 10.1. The van der Waals surface area contributed by atoms with Gasteiger partial charge in [0.05, 0.1) is 17.9 Å². The number of hydrogen-bond acceptors (Lipinski definition) is 4. The second-order valence-electron chi connectivity index (χ2n) is 3.73. The normalized spacial score (nSPS) is 23.9. The molecule has 2 rings (SSSR count). The number of aromatic nitrogens is 2. The van der Waals surface area contributed by atoms with E-state index in [-0.39, 0.29) is 11.3 Å². The van der Waals surface area contributed by atoms with Gasteiger partial charge in [0.15, 0.2) is 0 Å². The molecule has 1 aromatic heterocycles. The van der Waals surface area contributed by atoms with Gasteiger partial charge >= 0.3 is 5.97 Å². The van der Waals surface area contributed by atoms with Crippen LogP contribution in [-0.4, -0.2) is 49.0 Å². The van der Waals surface area contributed by atoms with E-state index >= 15 is 0 Å². The van der Waals surface area contributed by atoms with E-state index in [9.17, 15) is 9.59 Å². The maximum absolute atomic E-state index is 12.2. The predicted octanol–water partition coefficient (Wildman–Crippen LogP) is 0.788. The summed E-state index contributed by atoms with van der Waals surface area (Å²) in [6.45, 7) is 1.94. The van der Waals surface area contributed by atoms with Gasteiger partial charge in [0, 0.05) is 5.75 Å². The first-order valence-corrected chi connectivity index (χ1v) is 6.35. The van der Waals surface area contributed by atoms with Crippen LogP contribution in [-0.2, 0) is 4.79 Å². The molecule has 7 heteroatoms. The number of rotatable bonds is 3. The molecule has 17 heavy (non-hydrogen) atoms. The first kappa shape index (κ1) is 12.0. The Hall–Kier alpha value is -1.50. The molecule has 92 valence electrons. The molecule has 2 heterocycles. The lowest BCUT2D eigenvalue weighted by Gasteiger charge is -2.25. The number of carboxylic acids is 1. The van der Waals surface area contributed by atoms with E-state index in [1.165, 1.54) is 29.2 Å². The highest BCUT2D eigenvalue weighted by Gasteiger charge is 2.41. The summed E-state index contributed by atoms with van der Waals surface area (Å²) in [6.07, 6.45) is 3.55. The Bertz CT molecular complexity index is 420. The summed E-state index contributed by atoms with van der Waals surface area (Å²) in [5.41, 5.74) is 0.331. The lowest BCUT2D eigenvalue weighted by atomic mass is 10.2. The van der Waals surface area contributed by atoms with Gasteiger partial charge in [-0.15, -0.1) is 11.8 Å². The third-order valence-corrected chi connectivity index (χ3v) is 4.14. The summed E-state index contributed by atoms with van der Waals surface area (Å²) in [7, 11) is 0. The van der Waals surface area contributed by atoms with Crippen molar-refractivity contribution in [3.8, 4) is 0 Å². The van der Waals surface area contributed by atoms with Crippen LogP contribution in [0.5, 0.6) is 0 Å². The number of carboxylic acid groups (broad SMARTS) is 1. The van der Waals surface area contributed by atoms with Gasteiger partial charge in [0.1, 0.15) is 11.7 Å². The smallest absolute Gasteiger partial charge is 0.327 e. The van der Waals surface area contributed by atoms with Crippen molar-refractivity contribution in [2.24, 2.45) is 0 Å². The second-order valence-corrected chi connectivity index (χ2v) is 4.94. The Labute approximate surface area is 102 Å². The van der Waals surface area contributed by atoms with E-state index in [0.29, 0.717) is 11.4 Å². The molecule has 2 atom stereocenters. The highest BCUT2D eigenvalue weighted by molar-refractivity contribution is 8.00. The Balaban J connectivity index is 2.25. The molecule has 1 amide bonds. The molecule has 1 aromatic rings. The maximum Gasteiger partial charge on any atom is 0.327 e. The molecule has 0 aromatic carbocycles. The van der Waals surface area contributed by atoms with Gasteiger partial charge in [-0.25, -0.2) is 9.78 Å². The van der Waals surface area contributed by atoms with Crippen molar-refractivity contribution in [1.82, 2.24) is 14.9 Å². The predicted molar refractivity (Wildman–Crippen MR) is 62.7 cm³/mol. The van der Waals surface area contributed by atoms with Crippen LogP contribution >= 0.6 is 11.8 Å². The van der Waals surface area contributed by atoms with Crippen LogP contribution in [0.4, 0.5) is 0 Å². The van der Waals surface area contributed by atoms with Crippen molar-refractivity contribution in [1.29, 1.82) is 0 Å². The van der Waals surface area contributed by atoms with E-state index in [1.54, 1.807) is 0 Å². The fourth-order valence-corrected chi connectivity index (χ4v) is 3.20. The zero-order valence-electron chi connectivity index (χ0n) is 9.29. The number of carbonyl (C=O) groups excluding carboxylic acids is 1. The summed E-state index contributed by atoms with van der Waals surface area (Å²) >= 11 is 1.50. The van der Waals surface area contributed by atoms with Gasteiger partial charge in [0.25, 0.3) is 5.91 Å². The molecular formula is C10H13N3O3S. The number of hydrogen-bond donors (Lipinski definition) is 2. The second kappa shape index (κ2) is 4.79. The third-order valence-electron chi connectivity index (χ3n) is 2.69. The van der Waals surface area contributed by atoms with Crippen LogP contribution in [0.3, 0.4) is 0 Å². The molecule has 6 nitrogen and oxygen atoms in total. The van der Waals surface area contributed by atoms with Crippen molar-refractivity contribution in [3.05, 3.63) is 18.2 Å². The molecule has 1 saturated heterocycles. The molecule has 0 radical (unpaired) electrons. The van der Waals surface area contributed by atoms with Gasteiger partial charge in [-0.1, -0.05) is 6.92 Å². The SMILES string of the molecule is CCC1SCC(C(=O)O)N1C(=O)c1cnc[nH]1. The maximum atomic E-state index is 12.2. The number of nitrogens with one attached hydrogen (secondary N) is 1. The fourth-order valence-electron chi connectivity index (χ4n) is 1.85. The molecular weight excluding hydrogens is 242 g/mol. The number of H-pyrrole nitrogens is 1. The average Bonchev–Trinajstić information content (AvgIpc) is 2.96. The van der Waals surface area contributed by atoms with E-state index in [1.807, 2.05) is 6.92 Å². The van der Waals surface area contributed by atoms with Crippen molar-refractivity contribution < 1.29 is 14.7 Å². The quantitative estimate of drug-likeness (QED) is 0.833. The number of aliphatic carboxylic acids is 1. The van der Waals surface area contributed by atoms with Crippen molar-refractivity contribution in [2.75, 3.05) is 5.75 Å². The summed E-state index contributed by atoms with van der Waals surface area (Å²) in [5, 5.41) is 9.03. The Morgan fingerprint density at radius 1 is 1.71 bits per heavy atom. The Morgan fingerprint density at radius 3 is 3.00 bits per heavy atom. The fraction of sp³-hybridized carbons (Fsp3) is 0.500. The topological polar surface area (TPSA) is 86.3 Å². The Kier molecular flexibility index (Phi) is 3.37. The molecule has 2 unspecified atom stereocenters. The number of imidazole rings is 1. The highest BCUT2D eigenvalue weighted by Crippen LogP contribution is 2.32. The van der Waals surface area contributed by atoms with Crippen molar-refractivity contribution in [2.45, 2.75) is 24.8 Å². The summed E-state index contributed by atoms with van der Waals surface area (Å²) in [5.74, 6) is -0.818. The van der Waals surface area contributed by atoms with E-state index < -0.39 is 12.0 Å². The van der Waals surface area contributed by atoms with Gasteiger partial charge in [-0.3, -0.25) is 4.79 Å². The van der Waals surface area contributed by atoms with E-state index in [4.69, 9.17) is 5.11 Å². The molecule has 2 N–H and O–H groups in total. The number of carbonyl (C=O) groups is 2. The van der Waals surface area contributed by atoms with Crippen LogP contribution in [0, 0.1) is 0 Å². The van der Waals surface area contributed by atoms with Gasteiger partial charge in [-0.05, 0) is 6.42 Å². The van der Waals surface area contributed by atoms with Crippen LogP contribution in [0.1, 0.15) is 23.8 Å². The van der Waals surface area contributed by atoms with Crippen LogP contribution in [0.2, 0.25) is 0 Å². The lowest BCUT2D eigenvalue weighted by molar-refractivity contribution is -0.141. The standard InChI is InChI=1S/C10H13N3O3S/c1-2-8-13(7(4-17-8)10(15)16)9(14)6-3-11-5-12-6/h3,5,7-8H,2,4H2,1H3,(H,11,12)(H,15,16). The minimum atomic E-state index is -0.957. The first-order valence-electron chi connectivity index (χ1n) is 5.30. The van der Waals surface area contributed by atoms with Crippen LogP contribution in [0.25, 0.3) is 0 Å². The molecule has 0 saturated carbocycles. The van der Waals surface area contributed by atoms with Crippen molar-refractivity contribution >= 4 is 23.6 Å². The van der Waals surface area contributed by atoms with Crippen molar-refractivity contribution in [3.63, 3.8) is 0 Å². The third kappa shape index (κ3) is 2.14. The molecule has 0 bridgehead atoms. The molecule has 0 aliphatic carbocycles. The summed E-state index contributed by atoms with van der Waals surface area (Å²) < 4.78 is 0.